The molecule has 2 rings (SSSR count). The minimum Gasteiger partial charge on any atom is -0.375 e. The summed E-state index contributed by atoms with van der Waals surface area (Å²) in [7, 11) is 0. The molecule has 24 heavy (non-hydrogen) atoms. The number of carbonyl (C=O) groups is 1. The summed E-state index contributed by atoms with van der Waals surface area (Å²) in [5.41, 5.74) is -0.140. The van der Waals surface area contributed by atoms with Gasteiger partial charge in [-0.05, 0) is 29.8 Å². The summed E-state index contributed by atoms with van der Waals surface area (Å²) in [6, 6.07) is 12.2. The van der Waals surface area contributed by atoms with Crippen LogP contribution in [0.15, 0.2) is 53.0 Å². The topological polar surface area (TPSA) is 38.3 Å². The molecule has 2 aromatic carbocycles. The number of ether oxygens (including phenoxy) is 1. The van der Waals surface area contributed by atoms with Crippen LogP contribution in [0.5, 0.6) is 0 Å². The van der Waals surface area contributed by atoms with Crippen molar-refractivity contribution < 1.29 is 22.7 Å². The highest BCUT2D eigenvalue weighted by molar-refractivity contribution is 9.10. The Morgan fingerprint density at radius 2 is 1.88 bits per heavy atom. The lowest BCUT2D eigenvalue weighted by Crippen LogP contribution is -2.27. The van der Waals surface area contributed by atoms with Gasteiger partial charge in [0.15, 0.2) is 0 Å². The smallest absolute Gasteiger partial charge is 0.375 e. The van der Waals surface area contributed by atoms with Crippen LogP contribution in [-0.2, 0) is 17.5 Å². The van der Waals surface area contributed by atoms with E-state index < -0.39 is 11.7 Å². The summed E-state index contributed by atoms with van der Waals surface area (Å²) < 4.78 is 44.5. The predicted octanol–water partition coefficient (Wildman–Crippen LogP) is 4.41. The molecule has 0 fully saturated rings. The predicted molar refractivity (Wildman–Crippen MR) is 87.6 cm³/mol. The van der Waals surface area contributed by atoms with Crippen molar-refractivity contribution in [1.29, 1.82) is 0 Å². The van der Waals surface area contributed by atoms with Gasteiger partial charge in [0.1, 0.15) is 0 Å². The summed E-state index contributed by atoms with van der Waals surface area (Å²) in [6.07, 6.45) is -4.41. The van der Waals surface area contributed by atoms with Crippen molar-refractivity contribution >= 4 is 21.8 Å². The quantitative estimate of drug-likeness (QED) is 0.727. The van der Waals surface area contributed by atoms with Crippen LogP contribution >= 0.6 is 15.9 Å². The molecule has 0 spiro atoms. The van der Waals surface area contributed by atoms with Crippen LogP contribution in [0.3, 0.4) is 0 Å². The molecule has 128 valence electrons. The second-order valence-electron chi connectivity index (χ2n) is 4.97. The van der Waals surface area contributed by atoms with Gasteiger partial charge in [-0.15, -0.1) is 0 Å². The van der Waals surface area contributed by atoms with Crippen LogP contribution in [0.1, 0.15) is 21.5 Å². The minimum absolute atomic E-state index is 0.0725. The van der Waals surface area contributed by atoms with Crippen LogP contribution in [-0.4, -0.2) is 19.1 Å². The van der Waals surface area contributed by atoms with Crippen molar-refractivity contribution in [1.82, 2.24) is 5.32 Å². The highest BCUT2D eigenvalue weighted by Crippen LogP contribution is 2.32. The number of carbonyl (C=O) groups excluding carboxylic acids is 1. The molecule has 0 atom stereocenters. The van der Waals surface area contributed by atoms with Crippen molar-refractivity contribution in [2.24, 2.45) is 0 Å². The fourth-order valence-electron chi connectivity index (χ4n) is 2.07. The maximum Gasteiger partial charge on any atom is 0.416 e. The van der Waals surface area contributed by atoms with Crippen molar-refractivity contribution in [3.05, 3.63) is 69.7 Å². The van der Waals surface area contributed by atoms with Crippen LogP contribution in [0.4, 0.5) is 13.2 Å². The van der Waals surface area contributed by atoms with E-state index in [0.29, 0.717) is 5.56 Å². The number of nitrogens with one attached hydrogen (secondary N) is 1. The third kappa shape index (κ3) is 5.35. The molecule has 3 nitrogen and oxygen atoms in total. The summed E-state index contributed by atoms with van der Waals surface area (Å²) in [6.45, 7) is 0.161. The monoisotopic (exact) mass is 401 g/mol. The zero-order valence-corrected chi connectivity index (χ0v) is 14.2. The summed E-state index contributed by atoms with van der Waals surface area (Å²) in [5, 5.41) is 2.65. The summed E-state index contributed by atoms with van der Waals surface area (Å²) in [4.78, 5) is 11.9. The molecule has 0 saturated heterocycles. The molecule has 0 bridgehead atoms. The maximum absolute atomic E-state index is 12.8. The molecular formula is C17H15BrF3NO2. The van der Waals surface area contributed by atoms with E-state index in [1.807, 2.05) is 0 Å². The number of benzene rings is 2. The first-order valence-electron chi connectivity index (χ1n) is 7.14. The van der Waals surface area contributed by atoms with E-state index in [2.05, 4.69) is 21.2 Å². The zero-order chi connectivity index (χ0) is 17.6. The molecule has 0 saturated carbocycles. The van der Waals surface area contributed by atoms with Gasteiger partial charge in [0, 0.05) is 16.6 Å². The lowest BCUT2D eigenvalue weighted by atomic mass is 10.1. The Balaban J connectivity index is 1.79. The van der Waals surface area contributed by atoms with Crippen molar-refractivity contribution in [2.45, 2.75) is 12.8 Å². The lowest BCUT2D eigenvalue weighted by Gasteiger charge is -2.13. The van der Waals surface area contributed by atoms with Gasteiger partial charge in [0.25, 0.3) is 5.91 Å². The Morgan fingerprint density at radius 3 is 2.58 bits per heavy atom. The van der Waals surface area contributed by atoms with E-state index in [9.17, 15) is 18.0 Å². The molecule has 1 N–H and O–H groups in total. The number of alkyl halides is 3. The molecule has 0 heterocycles. The molecule has 0 aliphatic heterocycles. The molecule has 2 aromatic rings. The van der Waals surface area contributed by atoms with Gasteiger partial charge in [0.2, 0.25) is 0 Å². The number of amides is 1. The first-order valence-corrected chi connectivity index (χ1v) is 7.94. The summed E-state index contributed by atoms with van der Waals surface area (Å²) in [5.74, 6) is -0.268. The third-order valence-corrected chi connectivity index (χ3v) is 3.69. The van der Waals surface area contributed by atoms with Gasteiger partial charge in [0.05, 0.1) is 18.8 Å². The van der Waals surface area contributed by atoms with Crippen LogP contribution in [0.2, 0.25) is 0 Å². The standard InChI is InChI=1S/C17H15BrF3NO2/c18-14-6-3-5-12(10-14)16(23)22-8-9-24-11-13-4-1-2-7-15(13)17(19,20)21/h1-7,10H,8-9,11H2,(H,22,23). The molecular weight excluding hydrogens is 387 g/mol. The zero-order valence-electron chi connectivity index (χ0n) is 12.6. The number of hydrogen-bond acceptors (Lipinski definition) is 2. The van der Waals surface area contributed by atoms with Crippen LogP contribution < -0.4 is 5.32 Å². The number of halogens is 4. The first-order chi connectivity index (χ1) is 11.4. The van der Waals surface area contributed by atoms with E-state index in [1.54, 1.807) is 24.3 Å². The van der Waals surface area contributed by atoms with Crippen LogP contribution in [0, 0.1) is 0 Å². The SMILES string of the molecule is O=C(NCCOCc1ccccc1C(F)(F)F)c1cccc(Br)c1. The van der Waals surface area contributed by atoms with Gasteiger partial charge in [-0.3, -0.25) is 4.79 Å². The van der Waals surface area contributed by atoms with Gasteiger partial charge in [-0.25, -0.2) is 0 Å². The van der Waals surface area contributed by atoms with Gasteiger partial charge >= 0.3 is 6.18 Å². The van der Waals surface area contributed by atoms with Gasteiger partial charge in [-0.1, -0.05) is 40.2 Å². The first kappa shape index (κ1) is 18.5. The normalized spacial score (nSPS) is 11.3. The lowest BCUT2D eigenvalue weighted by molar-refractivity contribution is -0.138. The highest BCUT2D eigenvalue weighted by Gasteiger charge is 2.32. The maximum atomic E-state index is 12.8. The van der Waals surface area contributed by atoms with Gasteiger partial charge < -0.3 is 10.1 Å². The Morgan fingerprint density at radius 1 is 1.12 bits per heavy atom. The minimum atomic E-state index is -4.41. The Bertz CT molecular complexity index is 704. The molecule has 7 heteroatoms. The molecule has 0 aliphatic carbocycles. The van der Waals surface area contributed by atoms with E-state index >= 15 is 0 Å². The Kier molecular flexibility index (Phi) is 6.39. The van der Waals surface area contributed by atoms with Gasteiger partial charge in [-0.2, -0.15) is 13.2 Å². The molecule has 1 amide bonds. The van der Waals surface area contributed by atoms with Crippen LogP contribution in [0.25, 0.3) is 0 Å². The molecule has 0 radical (unpaired) electrons. The van der Waals surface area contributed by atoms with Crippen molar-refractivity contribution in [2.75, 3.05) is 13.2 Å². The third-order valence-electron chi connectivity index (χ3n) is 3.20. The number of hydrogen-bond donors (Lipinski definition) is 1. The fraction of sp³-hybridized carbons (Fsp3) is 0.235. The van der Waals surface area contributed by atoms with Crippen molar-refractivity contribution in [3.8, 4) is 0 Å². The highest BCUT2D eigenvalue weighted by atomic mass is 79.9. The van der Waals surface area contributed by atoms with E-state index in [0.717, 1.165) is 10.5 Å². The van der Waals surface area contributed by atoms with E-state index in [-0.39, 0.29) is 31.2 Å². The summed E-state index contributed by atoms with van der Waals surface area (Å²) >= 11 is 3.28. The second kappa shape index (κ2) is 8.30. The number of rotatable bonds is 6. The molecule has 0 unspecified atom stereocenters. The Labute approximate surface area is 146 Å². The second-order valence-corrected chi connectivity index (χ2v) is 5.89. The van der Waals surface area contributed by atoms with E-state index in [1.165, 1.54) is 18.2 Å². The van der Waals surface area contributed by atoms with Crippen molar-refractivity contribution in [3.63, 3.8) is 0 Å². The Hall–Kier alpha value is -1.86. The van der Waals surface area contributed by atoms with E-state index in [4.69, 9.17) is 4.74 Å². The molecule has 0 aromatic heterocycles. The average Bonchev–Trinajstić information content (AvgIpc) is 2.54. The average molecular weight is 402 g/mol. The fourth-order valence-corrected chi connectivity index (χ4v) is 2.47. The largest absolute Gasteiger partial charge is 0.416 e. The molecule has 0 aliphatic rings.